The molecule has 0 aliphatic carbocycles. The van der Waals surface area contributed by atoms with Gasteiger partial charge in [0.2, 0.25) is 0 Å². The fourth-order valence-electron chi connectivity index (χ4n) is 2.25. The predicted molar refractivity (Wildman–Crippen MR) is 91.8 cm³/mol. The molecule has 0 spiro atoms. The van der Waals surface area contributed by atoms with Crippen LogP contribution in [0, 0.1) is 0 Å². The van der Waals surface area contributed by atoms with Crippen LogP contribution in [0.5, 0.6) is 5.75 Å². The molecule has 0 amide bonds. The van der Waals surface area contributed by atoms with Crippen LogP contribution in [0.4, 0.5) is 5.69 Å². The number of benzene rings is 2. The Morgan fingerprint density at radius 2 is 1.86 bits per heavy atom. The lowest BCUT2D eigenvalue weighted by Gasteiger charge is -2.21. The first-order chi connectivity index (χ1) is 10.0. The van der Waals surface area contributed by atoms with Crippen molar-refractivity contribution in [3.8, 4) is 5.75 Å². The number of hydrogen-bond donors (Lipinski definition) is 2. The number of anilines is 1. The average molecular weight is 349 g/mol. The van der Waals surface area contributed by atoms with Crippen molar-refractivity contribution < 1.29 is 5.11 Å². The molecule has 4 heteroatoms. The molecule has 1 unspecified atom stereocenters. The lowest BCUT2D eigenvalue weighted by molar-refractivity contribution is 0.458. The van der Waals surface area contributed by atoms with E-state index in [1.165, 1.54) is 5.56 Å². The minimum Gasteiger partial charge on any atom is -0.508 e. The summed E-state index contributed by atoms with van der Waals surface area (Å²) in [7, 11) is 3.91. The Morgan fingerprint density at radius 1 is 1.19 bits per heavy atom. The molecule has 1 atom stereocenters. The lowest BCUT2D eigenvalue weighted by atomic mass is 10.1. The Hall–Kier alpha value is -1.52. The minimum atomic E-state index is 0.135. The second kappa shape index (κ2) is 6.96. The SMILES string of the molecule is CNC(C)c1ccc(N(C)Cc2ccc(Br)cc2)cc1O. The normalized spacial score (nSPS) is 12.2. The van der Waals surface area contributed by atoms with E-state index >= 15 is 0 Å². The van der Waals surface area contributed by atoms with Crippen LogP contribution in [0.15, 0.2) is 46.9 Å². The molecule has 2 aromatic rings. The van der Waals surface area contributed by atoms with Crippen LogP contribution in [-0.2, 0) is 6.54 Å². The maximum Gasteiger partial charge on any atom is 0.122 e. The van der Waals surface area contributed by atoms with Gasteiger partial charge < -0.3 is 15.3 Å². The fourth-order valence-corrected chi connectivity index (χ4v) is 2.51. The second-order valence-electron chi connectivity index (χ2n) is 5.24. The average Bonchev–Trinajstić information content (AvgIpc) is 2.48. The summed E-state index contributed by atoms with van der Waals surface area (Å²) in [4.78, 5) is 2.12. The number of phenolic OH excluding ortho intramolecular Hbond substituents is 1. The number of aromatic hydroxyl groups is 1. The third kappa shape index (κ3) is 3.99. The van der Waals surface area contributed by atoms with E-state index in [1.807, 2.05) is 51.4 Å². The van der Waals surface area contributed by atoms with Crippen molar-refractivity contribution in [2.24, 2.45) is 0 Å². The van der Waals surface area contributed by atoms with Crippen molar-refractivity contribution in [2.45, 2.75) is 19.5 Å². The highest BCUT2D eigenvalue weighted by Crippen LogP contribution is 2.29. The summed E-state index contributed by atoms with van der Waals surface area (Å²) in [6.07, 6.45) is 0. The number of hydrogen-bond acceptors (Lipinski definition) is 3. The number of phenols is 1. The third-order valence-corrected chi connectivity index (χ3v) is 4.22. The molecule has 0 bridgehead atoms. The van der Waals surface area contributed by atoms with Crippen LogP contribution < -0.4 is 10.2 Å². The van der Waals surface area contributed by atoms with Crippen LogP contribution in [0.25, 0.3) is 0 Å². The molecular formula is C17H21BrN2O. The molecule has 0 heterocycles. The van der Waals surface area contributed by atoms with Crippen molar-refractivity contribution in [3.63, 3.8) is 0 Å². The van der Waals surface area contributed by atoms with Crippen molar-refractivity contribution in [2.75, 3.05) is 19.0 Å². The summed E-state index contributed by atoms with van der Waals surface area (Å²) in [5.74, 6) is 0.331. The molecule has 2 N–H and O–H groups in total. The van der Waals surface area contributed by atoms with E-state index in [-0.39, 0.29) is 6.04 Å². The van der Waals surface area contributed by atoms with Crippen molar-refractivity contribution in [1.29, 1.82) is 0 Å². The van der Waals surface area contributed by atoms with E-state index in [1.54, 1.807) is 0 Å². The largest absolute Gasteiger partial charge is 0.508 e. The zero-order chi connectivity index (χ0) is 15.4. The van der Waals surface area contributed by atoms with Crippen LogP contribution in [0.1, 0.15) is 24.1 Å². The first-order valence-corrected chi connectivity index (χ1v) is 7.76. The maximum atomic E-state index is 10.2. The highest BCUT2D eigenvalue weighted by Gasteiger charge is 2.10. The van der Waals surface area contributed by atoms with Gasteiger partial charge in [0.05, 0.1) is 0 Å². The predicted octanol–water partition coefficient (Wildman–Crippen LogP) is 4.07. The summed E-state index contributed by atoms with van der Waals surface area (Å²) in [5, 5.41) is 13.3. The van der Waals surface area contributed by atoms with E-state index in [4.69, 9.17) is 0 Å². The smallest absolute Gasteiger partial charge is 0.122 e. The Kier molecular flexibility index (Phi) is 5.26. The molecule has 0 saturated heterocycles. The van der Waals surface area contributed by atoms with Gasteiger partial charge in [-0.1, -0.05) is 34.1 Å². The quantitative estimate of drug-likeness (QED) is 0.854. The molecule has 0 aliphatic heterocycles. The van der Waals surface area contributed by atoms with Gasteiger partial charge in [0.1, 0.15) is 5.75 Å². The monoisotopic (exact) mass is 348 g/mol. The van der Waals surface area contributed by atoms with Gasteiger partial charge in [-0.15, -0.1) is 0 Å². The van der Waals surface area contributed by atoms with Crippen LogP contribution in [-0.4, -0.2) is 19.2 Å². The molecule has 0 saturated carbocycles. The minimum absolute atomic E-state index is 0.135. The van der Waals surface area contributed by atoms with Gasteiger partial charge in [0.25, 0.3) is 0 Å². The lowest BCUT2D eigenvalue weighted by Crippen LogP contribution is -2.17. The number of halogens is 1. The van der Waals surface area contributed by atoms with Gasteiger partial charge in [0, 0.05) is 41.4 Å². The molecule has 3 nitrogen and oxygen atoms in total. The van der Waals surface area contributed by atoms with Crippen molar-refractivity contribution in [1.82, 2.24) is 5.32 Å². The molecule has 2 aromatic carbocycles. The van der Waals surface area contributed by atoms with Crippen LogP contribution in [0.3, 0.4) is 0 Å². The summed E-state index contributed by atoms with van der Waals surface area (Å²) >= 11 is 3.44. The van der Waals surface area contributed by atoms with Gasteiger partial charge >= 0.3 is 0 Å². The first-order valence-electron chi connectivity index (χ1n) is 6.97. The van der Waals surface area contributed by atoms with Crippen LogP contribution >= 0.6 is 15.9 Å². The Labute approximate surface area is 134 Å². The Balaban J connectivity index is 2.14. The van der Waals surface area contributed by atoms with Gasteiger partial charge in [-0.05, 0) is 37.7 Å². The number of rotatable bonds is 5. The van der Waals surface area contributed by atoms with Gasteiger partial charge in [-0.25, -0.2) is 0 Å². The summed E-state index contributed by atoms with van der Waals surface area (Å²) in [6.45, 7) is 2.83. The molecule has 0 aromatic heterocycles. The molecule has 21 heavy (non-hydrogen) atoms. The van der Waals surface area contributed by atoms with E-state index in [9.17, 15) is 5.11 Å². The molecule has 0 fully saturated rings. The third-order valence-electron chi connectivity index (χ3n) is 3.69. The Bertz CT molecular complexity index is 598. The standard InChI is InChI=1S/C17H21BrN2O/c1-12(19-2)16-9-8-15(10-17(16)21)20(3)11-13-4-6-14(18)7-5-13/h4-10,12,19,21H,11H2,1-3H3. The molecule has 0 radical (unpaired) electrons. The molecule has 112 valence electrons. The van der Waals surface area contributed by atoms with Gasteiger partial charge in [-0.2, -0.15) is 0 Å². The topological polar surface area (TPSA) is 35.5 Å². The highest BCUT2D eigenvalue weighted by molar-refractivity contribution is 9.10. The van der Waals surface area contributed by atoms with Crippen molar-refractivity contribution in [3.05, 3.63) is 58.1 Å². The van der Waals surface area contributed by atoms with E-state index in [0.717, 1.165) is 22.3 Å². The maximum absolute atomic E-state index is 10.2. The number of nitrogens with zero attached hydrogens (tertiary/aromatic N) is 1. The zero-order valence-electron chi connectivity index (χ0n) is 12.6. The van der Waals surface area contributed by atoms with Gasteiger partial charge in [-0.3, -0.25) is 0 Å². The Morgan fingerprint density at radius 3 is 2.43 bits per heavy atom. The van der Waals surface area contributed by atoms with Crippen LogP contribution in [0.2, 0.25) is 0 Å². The second-order valence-corrected chi connectivity index (χ2v) is 6.15. The van der Waals surface area contributed by atoms with Crippen molar-refractivity contribution >= 4 is 21.6 Å². The summed E-state index contributed by atoms with van der Waals surface area (Å²) < 4.78 is 1.08. The highest BCUT2D eigenvalue weighted by atomic mass is 79.9. The first kappa shape index (κ1) is 15.9. The van der Waals surface area contributed by atoms with E-state index < -0.39 is 0 Å². The summed E-state index contributed by atoms with van der Waals surface area (Å²) in [5.41, 5.74) is 3.15. The van der Waals surface area contributed by atoms with E-state index in [2.05, 4.69) is 38.3 Å². The van der Waals surface area contributed by atoms with Gasteiger partial charge in [0.15, 0.2) is 0 Å². The zero-order valence-corrected chi connectivity index (χ0v) is 14.2. The molecule has 0 aliphatic rings. The van der Waals surface area contributed by atoms with E-state index in [0.29, 0.717) is 5.75 Å². The number of nitrogens with one attached hydrogen (secondary N) is 1. The fraction of sp³-hybridized carbons (Fsp3) is 0.294. The molecule has 2 rings (SSSR count). The summed E-state index contributed by atoms with van der Waals surface area (Å²) in [6, 6.07) is 14.2. The molecular weight excluding hydrogens is 328 g/mol.